The molecule has 0 bridgehead atoms. The van der Waals surface area contributed by atoms with Gasteiger partial charge in [0.25, 0.3) is 5.91 Å². The van der Waals surface area contributed by atoms with Crippen LogP contribution in [-0.4, -0.2) is 48.3 Å². The third-order valence-corrected chi connectivity index (χ3v) is 4.14. The Morgan fingerprint density at radius 1 is 1.35 bits per heavy atom. The van der Waals surface area contributed by atoms with Crippen LogP contribution in [0.5, 0.6) is 0 Å². The number of carbonyl (C=O) groups is 2. The molecule has 6 heteroatoms. The highest BCUT2D eigenvalue weighted by atomic mass is 79.9. The smallest absolute Gasteiger partial charge is 0.254 e. The van der Waals surface area contributed by atoms with Crippen LogP contribution in [0.15, 0.2) is 22.7 Å². The number of carbonyl (C=O) groups excluding carboxylic acids is 2. The van der Waals surface area contributed by atoms with E-state index in [2.05, 4.69) is 15.9 Å². The average molecular weight is 340 g/mol. The first-order valence-electron chi connectivity index (χ1n) is 6.57. The number of hydrogen-bond acceptors (Lipinski definition) is 3. The summed E-state index contributed by atoms with van der Waals surface area (Å²) < 4.78 is 0.754. The summed E-state index contributed by atoms with van der Waals surface area (Å²) in [5.74, 6) is -0.194. The zero-order valence-electron chi connectivity index (χ0n) is 11.4. The second-order valence-electron chi connectivity index (χ2n) is 4.99. The molecule has 0 spiro atoms. The van der Waals surface area contributed by atoms with Gasteiger partial charge < -0.3 is 15.5 Å². The van der Waals surface area contributed by atoms with E-state index in [9.17, 15) is 9.59 Å². The quantitative estimate of drug-likeness (QED) is 0.852. The van der Waals surface area contributed by atoms with E-state index in [1.54, 1.807) is 30.1 Å². The summed E-state index contributed by atoms with van der Waals surface area (Å²) in [4.78, 5) is 27.5. The second kappa shape index (κ2) is 6.26. The number of amides is 2. The van der Waals surface area contributed by atoms with E-state index in [1.807, 2.05) is 0 Å². The summed E-state index contributed by atoms with van der Waals surface area (Å²) in [5, 5.41) is 0. The van der Waals surface area contributed by atoms with E-state index in [0.717, 1.165) is 30.4 Å². The maximum absolute atomic E-state index is 12.2. The van der Waals surface area contributed by atoms with Crippen LogP contribution in [0.3, 0.4) is 0 Å². The van der Waals surface area contributed by atoms with Gasteiger partial charge in [-0.2, -0.15) is 0 Å². The zero-order chi connectivity index (χ0) is 14.7. The topological polar surface area (TPSA) is 66.6 Å². The predicted molar refractivity (Wildman–Crippen MR) is 81.3 cm³/mol. The first kappa shape index (κ1) is 14.8. The molecule has 0 unspecified atom stereocenters. The number of likely N-dealkylation sites (tertiary alicyclic amines) is 1. The van der Waals surface area contributed by atoms with E-state index in [0.29, 0.717) is 11.3 Å². The molecule has 1 fully saturated rings. The lowest BCUT2D eigenvalue weighted by molar-refractivity contribution is -0.130. The Labute approximate surface area is 126 Å². The molecule has 2 amide bonds. The summed E-state index contributed by atoms with van der Waals surface area (Å²) >= 11 is 3.29. The van der Waals surface area contributed by atoms with Crippen molar-refractivity contribution in [1.29, 1.82) is 0 Å². The number of rotatable bonds is 3. The number of anilines is 1. The fraction of sp³-hybridized carbons (Fsp3) is 0.429. The molecule has 5 nitrogen and oxygen atoms in total. The Balaban J connectivity index is 2.00. The summed E-state index contributed by atoms with van der Waals surface area (Å²) in [7, 11) is 1.63. The fourth-order valence-corrected chi connectivity index (χ4v) is 2.49. The van der Waals surface area contributed by atoms with E-state index in [-0.39, 0.29) is 18.4 Å². The molecule has 0 radical (unpaired) electrons. The number of nitrogens with zero attached hydrogens (tertiary/aromatic N) is 2. The van der Waals surface area contributed by atoms with Crippen molar-refractivity contribution in [2.75, 3.05) is 32.4 Å². The molecular formula is C14H18BrN3O2. The Bertz CT molecular complexity index is 527. The van der Waals surface area contributed by atoms with Gasteiger partial charge in [0, 0.05) is 35.9 Å². The maximum atomic E-state index is 12.2. The minimum atomic E-state index is -0.197. The van der Waals surface area contributed by atoms with Crippen molar-refractivity contribution in [3.8, 4) is 0 Å². The van der Waals surface area contributed by atoms with Gasteiger partial charge in [0.15, 0.2) is 0 Å². The van der Waals surface area contributed by atoms with Crippen molar-refractivity contribution in [2.24, 2.45) is 0 Å². The third kappa shape index (κ3) is 3.30. The largest absolute Gasteiger partial charge is 0.398 e. The molecule has 1 aliphatic heterocycles. The van der Waals surface area contributed by atoms with Gasteiger partial charge in [-0.1, -0.05) is 0 Å². The lowest BCUT2D eigenvalue weighted by Crippen LogP contribution is -2.39. The molecule has 0 aliphatic carbocycles. The minimum Gasteiger partial charge on any atom is -0.398 e. The summed E-state index contributed by atoms with van der Waals surface area (Å²) in [5.41, 5.74) is 6.76. The lowest BCUT2D eigenvalue weighted by Gasteiger charge is -2.21. The van der Waals surface area contributed by atoms with Crippen LogP contribution in [0.2, 0.25) is 0 Å². The van der Waals surface area contributed by atoms with Crippen LogP contribution in [0.1, 0.15) is 23.2 Å². The molecule has 108 valence electrons. The highest BCUT2D eigenvalue weighted by molar-refractivity contribution is 9.10. The first-order chi connectivity index (χ1) is 9.49. The lowest BCUT2D eigenvalue weighted by atomic mass is 10.2. The number of nitrogens with two attached hydrogens (primary N) is 1. The van der Waals surface area contributed by atoms with Crippen LogP contribution in [-0.2, 0) is 4.79 Å². The summed E-state index contributed by atoms with van der Waals surface area (Å²) in [6.07, 6.45) is 2.10. The van der Waals surface area contributed by atoms with Crippen LogP contribution in [0, 0.1) is 0 Å². The Kier molecular flexibility index (Phi) is 4.65. The Morgan fingerprint density at radius 3 is 2.60 bits per heavy atom. The number of benzene rings is 1. The van der Waals surface area contributed by atoms with Crippen molar-refractivity contribution in [1.82, 2.24) is 9.80 Å². The minimum absolute atomic E-state index is 0.00318. The van der Waals surface area contributed by atoms with Gasteiger partial charge in [-0.25, -0.2) is 0 Å². The highest BCUT2D eigenvalue weighted by Gasteiger charge is 2.21. The molecule has 2 rings (SSSR count). The molecule has 0 aromatic heterocycles. The van der Waals surface area contributed by atoms with Crippen LogP contribution < -0.4 is 5.73 Å². The summed E-state index contributed by atoms with van der Waals surface area (Å²) in [6, 6.07) is 5.04. The molecule has 1 saturated heterocycles. The highest BCUT2D eigenvalue weighted by Crippen LogP contribution is 2.21. The standard InChI is InChI=1S/C14H18BrN3O2/c1-17(9-13(19)18-6-2-3-7-18)14(20)10-4-5-11(15)12(16)8-10/h4-5,8H,2-3,6-7,9,16H2,1H3. The Morgan fingerprint density at radius 2 is 2.00 bits per heavy atom. The number of likely N-dealkylation sites (N-methyl/N-ethyl adjacent to an activating group) is 1. The van der Waals surface area contributed by atoms with E-state index in [1.165, 1.54) is 4.90 Å². The van der Waals surface area contributed by atoms with Gasteiger partial charge >= 0.3 is 0 Å². The molecular weight excluding hydrogens is 322 g/mol. The van der Waals surface area contributed by atoms with Gasteiger partial charge in [0.05, 0.1) is 6.54 Å². The number of nitrogen functional groups attached to an aromatic ring is 1. The molecule has 1 aliphatic rings. The first-order valence-corrected chi connectivity index (χ1v) is 7.36. The molecule has 1 aromatic rings. The maximum Gasteiger partial charge on any atom is 0.254 e. The third-order valence-electron chi connectivity index (χ3n) is 3.42. The van der Waals surface area contributed by atoms with Crippen LogP contribution in [0.25, 0.3) is 0 Å². The SMILES string of the molecule is CN(CC(=O)N1CCCC1)C(=O)c1ccc(Br)c(N)c1. The van der Waals surface area contributed by atoms with Gasteiger partial charge in [-0.3, -0.25) is 9.59 Å². The second-order valence-corrected chi connectivity index (χ2v) is 5.84. The van der Waals surface area contributed by atoms with Crippen LogP contribution in [0.4, 0.5) is 5.69 Å². The van der Waals surface area contributed by atoms with Crippen molar-refractivity contribution < 1.29 is 9.59 Å². The predicted octanol–water partition coefficient (Wildman–Crippen LogP) is 1.73. The summed E-state index contributed by atoms with van der Waals surface area (Å²) in [6.45, 7) is 1.70. The number of halogens is 1. The molecule has 1 aromatic carbocycles. The molecule has 1 heterocycles. The molecule has 0 atom stereocenters. The van der Waals surface area contributed by atoms with E-state index in [4.69, 9.17) is 5.73 Å². The zero-order valence-corrected chi connectivity index (χ0v) is 13.0. The fourth-order valence-electron chi connectivity index (χ4n) is 2.24. The van der Waals surface area contributed by atoms with Crippen molar-refractivity contribution in [3.05, 3.63) is 28.2 Å². The molecule has 20 heavy (non-hydrogen) atoms. The van der Waals surface area contributed by atoms with E-state index < -0.39 is 0 Å². The molecule has 0 saturated carbocycles. The van der Waals surface area contributed by atoms with E-state index >= 15 is 0 Å². The van der Waals surface area contributed by atoms with Gasteiger partial charge in [-0.15, -0.1) is 0 Å². The molecule has 2 N–H and O–H groups in total. The van der Waals surface area contributed by atoms with Crippen LogP contribution >= 0.6 is 15.9 Å². The van der Waals surface area contributed by atoms with Crippen molar-refractivity contribution >= 4 is 33.4 Å². The number of hydrogen-bond donors (Lipinski definition) is 1. The monoisotopic (exact) mass is 339 g/mol. The van der Waals surface area contributed by atoms with Crippen molar-refractivity contribution in [3.63, 3.8) is 0 Å². The average Bonchev–Trinajstić information content (AvgIpc) is 2.95. The van der Waals surface area contributed by atoms with Gasteiger partial charge in [0.1, 0.15) is 0 Å². The van der Waals surface area contributed by atoms with Crippen molar-refractivity contribution in [2.45, 2.75) is 12.8 Å². The Hall–Kier alpha value is -1.56. The normalized spacial score (nSPS) is 14.4. The van der Waals surface area contributed by atoms with Gasteiger partial charge in [0.2, 0.25) is 5.91 Å². The van der Waals surface area contributed by atoms with Gasteiger partial charge in [-0.05, 0) is 47.0 Å².